The molecule has 0 radical (unpaired) electrons. The average Bonchev–Trinajstić information content (AvgIpc) is 3.39. The van der Waals surface area contributed by atoms with Gasteiger partial charge in [0.05, 0.1) is 0 Å². The zero-order chi connectivity index (χ0) is 52.9. The summed E-state index contributed by atoms with van der Waals surface area (Å²) >= 11 is 0. The van der Waals surface area contributed by atoms with Gasteiger partial charge in [-0.2, -0.15) is 0 Å². The van der Waals surface area contributed by atoms with Gasteiger partial charge in [0.25, 0.3) is 0 Å². The molecule has 0 amide bonds. The molecule has 6 nitrogen and oxygen atoms in total. The predicted octanol–water partition coefficient (Wildman–Crippen LogP) is 20.9. The number of carbonyl (C=O) groups is 3. The van der Waals surface area contributed by atoms with E-state index in [1.807, 2.05) is 0 Å². The second kappa shape index (κ2) is 60.9. The number of hydrogen-bond donors (Lipinski definition) is 0. The van der Waals surface area contributed by atoms with Gasteiger partial charge < -0.3 is 14.2 Å². The Morgan fingerprint density at radius 3 is 0.890 bits per heavy atom. The van der Waals surface area contributed by atoms with Crippen LogP contribution in [0.15, 0.2) is 97.2 Å². The Hall–Kier alpha value is -3.67. The maximum atomic E-state index is 12.8. The van der Waals surface area contributed by atoms with Crippen LogP contribution in [0, 0.1) is 0 Å². The lowest BCUT2D eigenvalue weighted by Gasteiger charge is -2.18. The topological polar surface area (TPSA) is 78.9 Å². The molecule has 0 heterocycles. The standard InChI is InChI=1S/C67H114O6/c1-4-7-10-13-16-19-22-24-26-27-28-29-30-31-32-33-34-35-36-37-38-39-41-42-45-48-51-54-57-60-66(69)72-63-64(62-71-65(68)59-56-53-50-47-44-21-18-15-12-9-6-3)73-67(70)61-58-55-52-49-46-43-40-25-23-20-17-14-11-8-5-2/h7,10,15-20,24-26,28-29,31-32,40,64H,4-6,8-9,11-14,21-23,27,30,33-39,41-63H2,1-3H3/b10-7-,18-15-,19-16-,20-17-,26-24-,29-28-,32-31-,40-25-. The van der Waals surface area contributed by atoms with Gasteiger partial charge >= 0.3 is 17.9 Å². The Kier molecular flexibility index (Phi) is 57.8. The summed E-state index contributed by atoms with van der Waals surface area (Å²) in [6.07, 6.45) is 81.3. The van der Waals surface area contributed by atoms with Crippen LogP contribution in [0.3, 0.4) is 0 Å². The van der Waals surface area contributed by atoms with Crippen LogP contribution in [-0.4, -0.2) is 37.2 Å². The number of carbonyl (C=O) groups excluding carboxylic acids is 3. The van der Waals surface area contributed by atoms with Crippen molar-refractivity contribution in [3.05, 3.63) is 97.2 Å². The quantitative estimate of drug-likeness (QED) is 0.0261. The van der Waals surface area contributed by atoms with E-state index in [1.165, 1.54) is 128 Å². The smallest absolute Gasteiger partial charge is 0.306 e. The molecular formula is C67H114O6. The number of hydrogen-bond acceptors (Lipinski definition) is 6. The lowest BCUT2D eigenvalue weighted by molar-refractivity contribution is -0.167. The van der Waals surface area contributed by atoms with Crippen molar-refractivity contribution < 1.29 is 28.6 Å². The van der Waals surface area contributed by atoms with Crippen LogP contribution < -0.4 is 0 Å². The number of unbranched alkanes of at least 4 members (excludes halogenated alkanes) is 28. The van der Waals surface area contributed by atoms with Crippen LogP contribution in [-0.2, 0) is 28.6 Å². The summed E-state index contributed by atoms with van der Waals surface area (Å²) in [5.74, 6) is -0.905. The lowest BCUT2D eigenvalue weighted by Crippen LogP contribution is -2.30. The van der Waals surface area contributed by atoms with Gasteiger partial charge in [-0.05, 0) is 116 Å². The predicted molar refractivity (Wildman–Crippen MR) is 316 cm³/mol. The first-order valence-electron chi connectivity index (χ1n) is 30.7. The third kappa shape index (κ3) is 59.1. The Morgan fingerprint density at radius 2 is 0.548 bits per heavy atom. The molecule has 1 unspecified atom stereocenters. The third-order valence-electron chi connectivity index (χ3n) is 13.0. The van der Waals surface area contributed by atoms with Gasteiger partial charge in [0, 0.05) is 19.3 Å². The summed E-state index contributed by atoms with van der Waals surface area (Å²) in [6, 6.07) is 0. The molecule has 0 saturated carbocycles. The van der Waals surface area contributed by atoms with Crippen molar-refractivity contribution in [2.75, 3.05) is 13.2 Å². The fourth-order valence-corrected chi connectivity index (χ4v) is 8.42. The van der Waals surface area contributed by atoms with Crippen LogP contribution in [0.2, 0.25) is 0 Å². The van der Waals surface area contributed by atoms with E-state index in [-0.39, 0.29) is 31.1 Å². The van der Waals surface area contributed by atoms with E-state index in [2.05, 4.69) is 118 Å². The molecule has 0 fully saturated rings. The van der Waals surface area contributed by atoms with E-state index < -0.39 is 6.10 Å². The largest absolute Gasteiger partial charge is 0.462 e. The molecule has 0 aromatic carbocycles. The normalized spacial score (nSPS) is 12.8. The van der Waals surface area contributed by atoms with Gasteiger partial charge in [0.2, 0.25) is 0 Å². The van der Waals surface area contributed by atoms with Gasteiger partial charge in [-0.3, -0.25) is 14.4 Å². The SMILES string of the molecule is CC/C=C\C/C=C\C/C=C\C/C=C\C/C=C\CCCCCCCCCCCCCCCC(=O)OCC(COC(=O)CCCCCCC/C=C\CCCC)OC(=O)CCCCCCC/C=C\C/C=C\CCCCC. The van der Waals surface area contributed by atoms with E-state index in [0.717, 1.165) is 122 Å². The second-order valence-electron chi connectivity index (χ2n) is 20.2. The highest BCUT2D eigenvalue weighted by atomic mass is 16.6. The molecular weight excluding hydrogens is 901 g/mol. The molecule has 0 bridgehead atoms. The highest BCUT2D eigenvalue weighted by Gasteiger charge is 2.19. The van der Waals surface area contributed by atoms with E-state index >= 15 is 0 Å². The molecule has 0 saturated heterocycles. The summed E-state index contributed by atoms with van der Waals surface area (Å²) in [6.45, 7) is 6.45. The van der Waals surface area contributed by atoms with Gasteiger partial charge in [-0.25, -0.2) is 0 Å². The molecule has 73 heavy (non-hydrogen) atoms. The van der Waals surface area contributed by atoms with Crippen molar-refractivity contribution in [2.24, 2.45) is 0 Å². The van der Waals surface area contributed by atoms with Crippen molar-refractivity contribution >= 4 is 17.9 Å². The molecule has 1 atom stereocenters. The number of esters is 3. The van der Waals surface area contributed by atoms with Gasteiger partial charge in [-0.15, -0.1) is 0 Å². The van der Waals surface area contributed by atoms with Crippen LogP contribution in [0.25, 0.3) is 0 Å². The molecule has 0 N–H and O–H groups in total. The fraction of sp³-hybridized carbons (Fsp3) is 0.716. The molecule has 6 heteroatoms. The molecule has 0 aliphatic carbocycles. The monoisotopic (exact) mass is 1010 g/mol. The maximum absolute atomic E-state index is 12.8. The first kappa shape index (κ1) is 69.3. The molecule has 0 aromatic heterocycles. The van der Waals surface area contributed by atoms with E-state index in [4.69, 9.17) is 14.2 Å². The second-order valence-corrected chi connectivity index (χ2v) is 20.2. The summed E-state index contributed by atoms with van der Waals surface area (Å²) in [4.78, 5) is 38.1. The summed E-state index contributed by atoms with van der Waals surface area (Å²) in [7, 11) is 0. The van der Waals surface area contributed by atoms with Crippen molar-refractivity contribution in [3.63, 3.8) is 0 Å². The minimum atomic E-state index is -0.788. The van der Waals surface area contributed by atoms with Crippen LogP contribution in [0.5, 0.6) is 0 Å². The first-order valence-corrected chi connectivity index (χ1v) is 30.7. The minimum absolute atomic E-state index is 0.0853. The highest BCUT2D eigenvalue weighted by molar-refractivity contribution is 5.71. The minimum Gasteiger partial charge on any atom is -0.462 e. The Balaban J connectivity index is 4.22. The van der Waals surface area contributed by atoms with E-state index in [0.29, 0.717) is 19.3 Å². The first-order chi connectivity index (χ1) is 36.0. The van der Waals surface area contributed by atoms with E-state index in [9.17, 15) is 14.4 Å². The highest BCUT2D eigenvalue weighted by Crippen LogP contribution is 2.16. The van der Waals surface area contributed by atoms with Gasteiger partial charge in [0.1, 0.15) is 13.2 Å². The molecule has 0 aromatic rings. The number of ether oxygens (including phenoxy) is 3. The van der Waals surface area contributed by atoms with Gasteiger partial charge in [-0.1, -0.05) is 253 Å². The summed E-state index contributed by atoms with van der Waals surface area (Å²) in [5.41, 5.74) is 0. The van der Waals surface area contributed by atoms with E-state index in [1.54, 1.807) is 0 Å². The summed E-state index contributed by atoms with van der Waals surface area (Å²) < 4.78 is 16.9. The van der Waals surface area contributed by atoms with Gasteiger partial charge in [0.15, 0.2) is 6.10 Å². The molecule has 0 rings (SSSR count). The van der Waals surface area contributed by atoms with Crippen molar-refractivity contribution in [1.82, 2.24) is 0 Å². The maximum Gasteiger partial charge on any atom is 0.306 e. The lowest BCUT2D eigenvalue weighted by atomic mass is 10.0. The Labute approximate surface area is 451 Å². The molecule has 0 spiro atoms. The molecule has 0 aliphatic heterocycles. The van der Waals surface area contributed by atoms with Crippen LogP contribution >= 0.6 is 0 Å². The van der Waals surface area contributed by atoms with Crippen molar-refractivity contribution in [1.29, 1.82) is 0 Å². The molecule has 418 valence electrons. The number of rotatable bonds is 55. The molecule has 0 aliphatic rings. The zero-order valence-electron chi connectivity index (χ0n) is 47.9. The third-order valence-corrected chi connectivity index (χ3v) is 13.0. The van der Waals surface area contributed by atoms with Crippen molar-refractivity contribution in [3.8, 4) is 0 Å². The van der Waals surface area contributed by atoms with Crippen LogP contribution in [0.4, 0.5) is 0 Å². The summed E-state index contributed by atoms with van der Waals surface area (Å²) in [5, 5.41) is 0. The zero-order valence-corrected chi connectivity index (χ0v) is 47.9. The Morgan fingerprint density at radius 1 is 0.288 bits per heavy atom. The number of allylic oxidation sites excluding steroid dienone is 16. The Bertz CT molecular complexity index is 1440. The average molecular weight is 1020 g/mol. The van der Waals surface area contributed by atoms with Crippen molar-refractivity contribution in [2.45, 2.75) is 297 Å². The fourth-order valence-electron chi connectivity index (χ4n) is 8.42. The van der Waals surface area contributed by atoms with Crippen LogP contribution in [0.1, 0.15) is 290 Å².